The van der Waals surface area contributed by atoms with Crippen molar-refractivity contribution in [3.63, 3.8) is 0 Å². The highest BCUT2D eigenvalue weighted by atomic mass is 19.2. The molecule has 1 N–H and O–H groups in total. The number of rotatable bonds is 5. The predicted octanol–water partition coefficient (Wildman–Crippen LogP) is 1.94. The molecule has 86 valence electrons. The third-order valence-electron chi connectivity index (χ3n) is 2.02. The molecule has 0 unspecified atom stereocenters. The van der Waals surface area contributed by atoms with E-state index in [1.807, 2.05) is 18.7 Å². The molecule has 1 aliphatic rings. The maximum absolute atomic E-state index is 13.3. The van der Waals surface area contributed by atoms with Crippen LogP contribution in [0.3, 0.4) is 0 Å². The lowest BCUT2D eigenvalue weighted by Gasteiger charge is -2.27. The SMILES string of the molecule is CCCN(CCC)C1=CNN(F)N=C1F. The highest BCUT2D eigenvalue weighted by Gasteiger charge is 2.19. The van der Waals surface area contributed by atoms with Crippen molar-refractivity contribution in [3.05, 3.63) is 11.9 Å². The molecular formula is C9H16F2N4. The molecule has 1 rings (SSSR count). The number of allylic oxidation sites excluding steroid dienone is 1. The van der Waals surface area contributed by atoms with Crippen molar-refractivity contribution in [2.75, 3.05) is 13.1 Å². The van der Waals surface area contributed by atoms with Gasteiger partial charge in [-0.1, -0.05) is 23.4 Å². The van der Waals surface area contributed by atoms with E-state index in [0.29, 0.717) is 5.70 Å². The Bertz CT molecular complexity index is 259. The quantitative estimate of drug-likeness (QED) is 0.715. The van der Waals surface area contributed by atoms with Crippen LogP contribution in [0, 0.1) is 0 Å². The van der Waals surface area contributed by atoms with Gasteiger partial charge >= 0.3 is 0 Å². The Balaban J connectivity index is 2.71. The Hall–Kier alpha value is -1.33. The molecule has 6 heteroatoms. The molecule has 0 saturated carbocycles. The largest absolute Gasteiger partial charge is 0.367 e. The van der Waals surface area contributed by atoms with Gasteiger partial charge in [-0.25, -0.2) is 0 Å². The number of hydrazone groups is 1. The Labute approximate surface area is 88.1 Å². The van der Waals surface area contributed by atoms with E-state index in [-0.39, 0.29) is 5.34 Å². The first-order valence-electron chi connectivity index (χ1n) is 5.10. The van der Waals surface area contributed by atoms with Gasteiger partial charge < -0.3 is 4.90 Å². The van der Waals surface area contributed by atoms with Crippen LogP contribution < -0.4 is 5.43 Å². The highest BCUT2D eigenvalue weighted by Crippen LogP contribution is 2.13. The van der Waals surface area contributed by atoms with Gasteiger partial charge in [0.2, 0.25) is 0 Å². The molecule has 0 spiro atoms. The summed E-state index contributed by atoms with van der Waals surface area (Å²) >= 11 is 0. The molecular weight excluding hydrogens is 202 g/mol. The third-order valence-corrected chi connectivity index (χ3v) is 2.02. The lowest BCUT2D eigenvalue weighted by molar-refractivity contribution is -0.0172. The third kappa shape index (κ3) is 3.07. The Morgan fingerprint density at radius 3 is 2.47 bits per heavy atom. The normalized spacial score (nSPS) is 15.6. The van der Waals surface area contributed by atoms with Crippen LogP contribution in [0.2, 0.25) is 0 Å². The maximum atomic E-state index is 13.3. The van der Waals surface area contributed by atoms with Crippen LogP contribution in [0.4, 0.5) is 8.87 Å². The van der Waals surface area contributed by atoms with E-state index in [4.69, 9.17) is 0 Å². The van der Waals surface area contributed by atoms with E-state index in [2.05, 4.69) is 10.5 Å². The van der Waals surface area contributed by atoms with Gasteiger partial charge in [0.1, 0.15) is 5.70 Å². The van der Waals surface area contributed by atoms with Gasteiger partial charge in [0, 0.05) is 13.1 Å². The van der Waals surface area contributed by atoms with E-state index in [1.54, 1.807) is 0 Å². The number of hydrogen-bond donors (Lipinski definition) is 1. The van der Waals surface area contributed by atoms with Gasteiger partial charge in [-0.2, -0.15) is 4.39 Å². The van der Waals surface area contributed by atoms with Crippen molar-refractivity contribution in [1.29, 1.82) is 0 Å². The van der Waals surface area contributed by atoms with Crippen LogP contribution in [-0.2, 0) is 0 Å². The average molecular weight is 218 g/mol. The second kappa shape index (κ2) is 5.53. The number of nitrogens with one attached hydrogen (secondary N) is 1. The molecule has 4 nitrogen and oxygen atoms in total. The van der Waals surface area contributed by atoms with Crippen molar-refractivity contribution in [2.24, 2.45) is 5.10 Å². The highest BCUT2D eigenvalue weighted by molar-refractivity contribution is 5.92. The molecule has 0 aromatic rings. The van der Waals surface area contributed by atoms with Crippen LogP contribution in [0.5, 0.6) is 0 Å². The summed E-state index contributed by atoms with van der Waals surface area (Å²) in [4.78, 5) is 1.85. The molecule has 0 aromatic heterocycles. The second-order valence-electron chi connectivity index (χ2n) is 3.30. The maximum Gasteiger partial charge on any atom is 0.260 e. The standard InChI is InChI=1S/C9H16F2N4/c1-3-5-14(6-4-2)8-7-12-15(11)13-9(8)10/h7,12H,3-6H2,1-2H3. The van der Waals surface area contributed by atoms with Gasteiger partial charge in [0.25, 0.3) is 5.97 Å². The first kappa shape index (κ1) is 11.7. The van der Waals surface area contributed by atoms with Gasteiger partial charge in [-0.3, -0.25) is 5.43 Å². The smallest absolute Gasteiger partial charge is 0.260 e. The average Bonchev–Trinajstić information content (AvgIpc) is 2.17. The minimum atomic E-state index is -0.793. The summed E-state index contributed by atoms with van der Waals surface area (Å²) in [5.41, 5.74) is 2.51. The van der Waals surface area contributed by atoms with Crippen molar-refractivity contribution in [3.8, 4) is 0 Å². The lowest BCUT2D eigenvalue weighted by atomic mass is 10.3. The van der Waals surface area contributed by atoms with Gasteiger partial charge in [-0.15, -0.1) is 0 Å². The Morgan fingerprint density at radius 2 is 2.00 bits per heavy atom. The molecule has 0 saturated heterocycles. The fourth-order valence-corrected chi connectivity index (χ4v) is 1.45. The van der Waals surface area contributed by atoms with Gasteiger partial charge in [-0.05, 0) is 18.2 Å². The molecule has 15 heavy (non-hydrogen) atoms. The second-order valence-corrected chi connectivity index (χ2v) is 3.30. The number of hydrazine groups is 1. The van der Waals surface area contributed by atoms with E-state index in [0.717, 1.165) is 25.9 Å². The van der Waals surface area contributed by atoms with Gasteiger partial charge in [0.15, 0.2) is 0 Å². The van der Waals surface area contributed by atoms with Crippen LogP contribution in [0.15, 0.2) is 17.0 Å². The summed E-state index contributed by atoms with van der Waals surface area (Å²) in [6.07, 6.45) is 3.10. The predicted molar refractivity (Wildman–Crippen MR) is 54.9 cm³/mol. The Kier molecular flexibility index (Phi) is 4.33. The molecule has 0 aliphatic carbocycles. The molecule has 0 bridgehead atoms. The summed E-state index contributed by atoms with van der Waals surface area (Å²) in [6.45, 7) is 5.49. The summed E-state index contributed by atoms with van der Waals surface area (Å²) in [5.74, 6) is -0.793. The molecule has 0 amide bonds. The zero-order valence-electron chi connectivity index (χ0n) is 9.00. The van der Waals surface area contributed by atoms with Crippen molar-refractivity contribution < 1.29 is 8.87 Å². The molecule has 1 heterocycles. The molecule has 0 radical (unpaired) electrons. The topological polar surface area (TPSA) is 30.9 Å². The van der Waals surface area contributed by atoms with E-state index >= 15 is 0 Å². The van der Waals surface area contributed by atoms with E-state index < -0.39 is 5.97 Å². The van der Waals surface area contributed by atoms with E-state index in [1.165, 1.54) is 6.20 Å². The van der Waals surface area contributed by atoms with E-state index in [9.17, 15) is 8.87 Å². The Morgan fingerprint density at radius 1 is 1.40 bits per heavy atom. The minimum absolute atomic E-state index is 0.144. The number of halogens is 2. The molecule has 0 fully saturated rings. The van der Waals surface area contributed by atoms with Crippen LogP contribution >= 0.6 is 0 Å². The molecule has 1 aliphatic heterocycles. The summed E-state index contributed by atoms with van der Waals surface area (Å²) in [5, 5.41) is 2.90. The number of hydrogen-bond acceptors (Lipinski definition) is 4. The first-order chi connectivity index (χ1) is 7.19. The fraction of sp³-hybridized carbons (Fsp3) is 0.667. The zero-order chi connectivity index (χ0) is 11.3. The zero-order valence-corrected chi connectivity index (χ0v) is 9.00. The number of nitrogens with zero attached hydrogens (tertiary/aromatic N) is 3. The van der Waals surface area contributed by atoms with Crippen LogP contribution in [0.1, 0.15) is 26.7 Å². The summed E-state index contributed by atoms with van der Waals surface area (Å²) in [6, 6.07) is 0. The van der Waals surface area contributed by atoms with Crippen molar-refractivity contribution >= 4 is 5.97 Å². The minimum Gasteiger partial charge on any atom is -0.367 e. The first-order valence-corrected chi connectivity index (χ1v) is 5.10. The van der Waals surface area contributed by atoms with Crippen LogP contribution in [-0.4, -0.2) is 29.3 Å². The molecule has 0 aromatic carbocycles. The van der Waals surface area contributed by atoms with Crippen LogP contribution in [0.25, 0.3) is 0 Å². The van der Waals surface area contributed by atoms with Gasteiger partial charge in [0.05, 0.1) is 6.20 Å². The fourth-order valence-electron chi connectivity index (χ4n) is 1.45. The van der Waals surface area contributed by atoms with Crippen molar-refractivity contribution in [2.45, 2.75) is 26.7 Å². The lowest BCUT2D eigenvalue weighted by Crippen LogP contribution is -2.35. The molecule has 0 atom stereocenters. The van der Waals surface area contributed by atoms with Crippen molar-refractivity contribution in [1.82, 2.24) is 15.7 Å². The summed E-state index contributed by atoms with van der Waals surface area (Å²) in [7, 11) is 0. The summed E-state index contributed by atoms with van der Waals surface area (Å²) < 4.78 is 25.8. The monoisotopic (exact) mass is 218 g/mol.